The molecule has 0 aromatic heterocycles. The molecular weight excluding hydrogens is 326 g/mol. The maximum atomic E-state index is 12.4. The number of carbonyl (C=O) groups excluding carboxylic acids is 1. The summed E-state index contributed by atoms with van der Waals surface area (Å²) in [6.45, 7) is 1.74. The van der Waals surface area contributed by atoms with Gasteiger partial charge < -0.3 is 9.47 Å². The fraction of sp³-hybridized carbons (Fsp3) is 0.182. The van der Waals surface area contributed by atoms with Gasteiger partial charge in [-0.25, -0.2) is 4.79 Å². The minimum Gasteiger partial charge on any atom is -0.466 e. The van der Waals surface area contributed by atoms with Gasteiger partial charge in [0.05, 0.1) is 30.2 Å². The molecule has 0 fully saturated rings. The third kappa shape index (κ3) is 3.38. The van der Waals surface area contributed by atoms with Gasteiger partial charge >= 0.3 is 5.97 Å². The molecule has 0 radical (unpaired) electrons. The van der Waals surface area contributed by atoms with Crippen molar-refractivity contribution in [1.29, 1.82) is 5.26 Å². The molecule has 1 aliphatic rings. The summed E-state index contributed by atoms with van der Waals surface area (Å²) in [4.78, 5) is 12.4. The van der Waals surface area contributed by atoms with E-state index in [9.17, 15) is 10.1 Å². The molecule has 1 atom stereocenters. The second kappa shape index (κ2) is 7.71. The van der Waals surface area contributed by atoms with Crippen LogP contribution in [-0.2, 0) is 20.7 Å². The summed E-state index contributed by atoms with van der Waals surface area (Å²) in [6.07, 6.45) is 0.485. The van der Waals surface area contributed by atoms with Crippen LogP contribution in [-0.4, -0.2) is 13.1 Å². The van der Waals surface area contributed by atoms with E-state index in [1.54, 1.807) is 6.92 Å². The number of nitrogens with zero attached hydrogens (tertiary/aromatic N) is 1. The van der Waals surface area contributed by atoms with Gasteiger partial charge in [-0.1, -0.05) is 60.7 Å². The Hall–Kier alpha value is -3.32. The third-order valence-electron chi connectivity index (χ3n) is 4.40. The lowest BCUT2D eigenvalue weighted by Crippen LogP contribution is -2.23. The highest BCUT2D eigenvalue weighted by Gasteiger charge is 2.36. The van der Waals surface area contributed by atoms with Crippen molar-refractivity contribution in [2.45, 2.75) is 19.3 Å². The van der Waals surface area contributed by atoms with Gasteiger partial charge in [0.15, 0.2) is 0 Å². The third-order valence-corrected chi connectivity index (χ3v) is 4.40. The van der Waals surface area contributed by atoms with E-state index in [2.05, 4.69) is 6.07 Å². The van der Waals surface area contributed by atoms with Crippen LogP contribution in [0, 0.1) is 11.3 Å². The van der Waals surface area contributed by atoms with Crippen LogP contribution < -0.4 is 0 Å². The van der Waals surface area contributed by atoms with Crippen LogP contribution in [0.4, 0.5) is 0 Å². The summed E-state index contributed by atoms with van der Waals surface area (Å²) in [5.41, 5.74) is 2.70. The van der Waals surface area contributed by atoms with Crippen LogP contribution >= 0.6 is 0 Å². The molecule has 0 saturated carbocycles. The Bertz CT molecular complexity index is 905. The van der Waals surface area contributed by atoms with Gasteiger partial charge in [-0.2, -0.15) is 5.26 Å². The number of methoxy groups -OCH3 is 1. The maximum Gasteiger partial charge on any atom is 0.338 e. The molecule has 4 nitrogen and oxygen atoms in total. The predicted octanol–water partition coefficient (Wildman–Crippen LogP) is 4.27. The van der Waals surface area contributed by atoms with E-state index in [4.69, 9.17) is 9.47 Å². The molecule has 0 bridgehead atoms. The average Bonchev–Trinajstić information content (AvgIpc) is 2.68. The molecule has 2 aromatic rings. The Morgan fingerprint density at radius 1 is 1.12 bits per heavy atom. The summed E-state index contributed by atoms with van der Waals surface area (Å²) >= 11 is 0. The van der Waals surface area contributed by atoms with Crippen LogP contribution in [0.25, 0.3) is 0 Å². The zero-order valence-electron chi connectivity index (χ0n) is 14.7. The van der Waals surface area contributed by atoms with Crippen molar-refractivity contribution < 1.29 is 14.3 Å². The van der Waals surface area contributed by atoms with Crippen molar-refractivity contribution in [3.05, 3.63) is 94.5 Å². The summed E-state index contributed by atoms with van der Waals surface area (Å²) in [5.74, 6) is 0.0531. The number of carbonyl (C=O) groups is 1. The number of benzene rings is 2. The highest BCUT2D eigenvalue weighted by atomic mass is 16.5. The molecule has 3 rings (SSSR count). The van der Waals surface area contributed by atoms with Crippen molar-refractivity contribution in [2.24, 2.45) is 0 Å². The number of ether oxygens (including phenoxy) is 2. The largest absolute Gasteiger partial charge is 0.466 e. The number of esters is 1. The van der Waals surface area contributed by atoms with Gasteiger partial charge in [-0.05, 0) is 18.1 Å². The molecule has 0 N–H and O–H groups in total. The van der Waals surface area contributed by atoms with E-state index in [0.717, 1.165) is 11.1 Å². The Balaban J connectivity index is 2.12. The fourth-order valence-electron chi connectivity index (χ4n) is 3.19. The molecule has 1 aliphatic heterocycles. The lowest BCUT2D eigenvalue weighted by molar-refractivity contribution is -0.136. The van der Waals surface area contributed by atoms with Gasteiger partial charge in [-0.15, -0.1) is 0 Å². The first-order chi connectivity index (χ1) is 12.7. The topological polar surface area (TPSA) is 59.3 Å². The van der Waals surface area contributed by atoms with Crippen LogP contribution in [0.5, 0.6) is 0 Å². The quantitative estimate of drug-likeness (QED) is 0.777. The standard InChI is InChI=1S/C22H19NO3/c1-15-20(22(24)25-2)21(17-11-7-4-8-12-17)18(14-23)19(26-15)13-16-9-5-3-6-10-16/h3-12,21H,13H2,1-2H3/t21-/m0/s1. The SMILES string of the molecule is COC(=O)C1=C(C)OC(Cc2ccccc2)=C(C#N)[C@@H]1c1ccccc1. The molecular formula is C22H19NO3. The van der Waals surface area contributed by atoms with Crippen LogP contribution in [0.3, 0.4) is 0 Å². The lowest BCUT2D eigenvalue weighted by atomic mass is 9.81. The molecule has 0 aliphatic carbocycles. The first-order valence-electron chi connectivity index (χ1n) is 8.34. The highest BCUT2D eigenvalue weighted by Crippen LogP contribution is 2.41. The molecule has 2 aromatic carbocycles. The summed E-state index contributed by atoms with van der Waals surface area (Å²) in [7, 11) is 1.33. The zero-order valence-corrected chi connectivity index (χ0v) is 14.7. The summed E-state index contributed by atoms with van der Waals surface area (Å²) in [5, 5.41) is 9.87. The number of hydrogen-bond donors (Lipinski definition) is 0. The first-order valence-corrected chi connectivity index (χ1v) is 8.34. The molecule has 26 heavy (non-hydrogen) atoms. The molecule has 0 saturated heterocycles. The van der Waals surface area contributed by atoms with Crippen LogP contribution in [0.2, 0.25) is 0 Å². The molecule has 4 heteroatoms. The smallest absolute Gasteiger partial charge is 0.338 e. The van der Waals surface area contributed by atoms with E-state index < -0.39 is 11.9 Å². The molecule has 130 valence electrons. The maximum absolute atomic E-state index is 12.4. The van der Waals surface area contributed by atoms with Gasteiger partial charge in [0.25, 0.3) is 0 Å². The molecule has 0 unspecified atom stereocenters. The molecule has 0 spiro atoms. The Morgan fingerprint density at radius 2 is 1.73 bits per heavy atom. The Kier molecular flexibility index (Phi) is 5.19. The molecule has 1 heterocycles. The van der Waals surface area contributed by atoms with E-state index in [1.165, 1.54) is 7.11 Å². The van der Waals surface area contributed by atoms with Gasteiger partial charge in [0, 0.05) is 6.42 Å². The minimum absolute atomic E-state index is 0.368. The number of allylic oxidation sites excluding steroid dienone is 3. The second-order valence-electron chi connectivity index (χ2n) is 6.02. The van der Waals surface area contributed by atoms with Gasteiger partial charge in [0.1, 0.15) is 11.5 Å². The van der Waals surface area contributed by atoms with E-state index in [1.807, 2.05) is 60.7 Å². The van der Waals surface area contributed by atoms with Crippen molar-refractivity contribution in [1.82, 2.24) is 0 Å². The predicted molar refractivity (Wildman–Crippen MR) is 97.8 cm³/mol. The van der Waals surface area contributed by atoms with Gasteiger partial charge in [0.2, 0.25) is 0 Å². The number of nitriles is 1. The van der Waals surface area contributed by atoms with Crippen molar-refractivity contribution >= 4 is 5.97 Å². The van der Waals surface area contributed by atoms with Crippen molar-refractivity contribution in [3.8, 4) is 6.07 Å². The number of rotatable bonds is 4. The fourth-order valence-corrected chi connectivity index (χ4v) is 3.19. The summed E-state index contributed by atoms with van der Waals surface area (Å²) in [6, 6.07) is 21.6. The van der Waals surface area contributed by atoms with Crippen LogP contribution in [0.1, 0.15) is 24.0 Å². The Labute approximate surface area is 153 Å². The van der Waals surface area contributed by atoms with Crippen LogP contribution in [0.15, 0.2) is 83.3 Å². The lowest BCUT2D eigenvalue weighted by Gasteiger charge is -2.28. The van der Waals surface area contributed by atoms with E-state index >= 15 is 0 Å². The van der Waals surface area contributed by atoms with E-state index in [0.29, 0.717) is 29.1 Å². The van der Waals surface area contributed by atoms with Crippen molar-refractivity contribution in [2.75, 3.05) is 7.11 Å². The minimum atomic E-state index is -0.499. The second-order valence-corrected chi connectivity index (χ2v) is 6.02. The monoisotopic (exact) mass is 345 g/mol. The normalized spacial score (nSPS) is 16.7. The van der Waals surface area contributed by atoms with Crippen molar-refractivity contribution in [3.63, 3.8) is 0 Å². The first kappa shape index (κ1) is 17.5. The Morgan fingerprint density at radius 3 is 2.31 bits per heavy atom. The zero-order chi connectivity index (χ0) is 18.5. The van der Waals surface area contributed by atoms with E-state index in [-0.39, 0.29) is 0 Å². The highest BCUT2D eigenvalue weighted by molar-refractivity contribution is 5.92. The molecule has 0 amide bonds. The summed E-state index contributed by atoms with van der Waals surface area (Å²) < 4.78 is 10.9. The average molecular weight is 345 g/mol. The van der Waals surface area contributed by atoms with Gasteiger partial charge in [-0.3, -0.25) is 0 Å². The number of hydrogen-bond acceptors (Lipinski definition) is 4.